The van der Waals surface area contributed by atoms with E-state index in [0.717, 1.165) is 23.4 Å². The average molecular weight is 184 g/mol. The summed E-state index contributed by atoms with van der Waals surface area (Å²) in [5.74, 6) is 2.94. The van der Waals surface area contributed by atoms with Gasteiger partial charge in [0.25, 0.3) is 0 Å². The van der Waals surface area contributed by atoms with Crippen LogP contribution in [0, 0.1) is 17.8 Å². The molecule has 0 aromatic carbocycles. The van der Waals surface area contributed by atoms with E-state index in [2.05, 4.69) is 28.3 Å². The first kappa shape index (κ1) is 10.6. The summed E-state index contributed by atoms with van der Waals surface area (Å²) in [5.41, 5.74) is 1.05. The van der Waals surface area contributed by atoms with Crippen molar-refractivity contribution in [1.29, 1.82) is 0 Å². The van der Waals surface area contributed by atoms with E-state index >= 15 is 0 Å². The van der Waals surface area contributed by atoms with Crippen LogP contribution < -0.4 is 0 Å². The van der Waals surface area contributed by atoms with Gasteiger partial charge >= 0.3 is 0 Å². The van der Waals surface area contributed by atoms with E-state index in [1.54, 1.807) is 0 Å². The maximum Gasteiger partial charge on any atom is 0.130 e. The predicted molar refractivity (Wildman–Crippen MR) is 62.0 cm³/mol. The summed E-state index contributed by atoms with van der Waals surface area (Å²) >= 11 is 0. The lowest BCUT2D eigenvalue weighted by Crippen LogP contribution is -2.28. The van der Waals surface area contributed by atoms with Crippen LogP contribution in [0.3, 0.4) is 0 Å². The van der Waals surface area contributed by atoms with Crippen molar-refractivity contribution < 1.29 is 0 Å². The quantitative estimate of drug-likeness (QED) is 0.457. The Morgan fingerprint density at radius 1 is 1.33 bits per heavy atom. The molecule has 0 spiro atoms. The molecule has 0 heterocycles. The monoisotopic (exact) mass is 184 g/mol. The molecule has 12 heavy (non-hydrogen) atoms. The SMILES string of the molecule is BPC1CC(C)CCC1C(C)C. The van der Waals surface area contributed by atoms with Gasteiger partial charge in [-0.25, -0.2) is 0 Å². The zero-order chi connectivity index (χ0) is 9.14. The van der Waals surface area contributed by atoms with E-state index in [-0.39, 0.29) is 0 Å². The highest BCUT2D eigenvalue weighted by Gasteiger charge is 2.28. The largest absolute Gasteiger partial charge is 0.160 e. The fourth-order valence-corrected chi connectivity index (χ4v) is 4.15. The lowest BCUT2D eigenvalue weighted by Gasteiger charge is -2.37. The van der Waals surface area contributed by atoms with Gasteiger partial charge in [-0.1, -0.05) is 27.2 Å². The van der Waals surface area contributed by atoms with Crippen molar-refractivity contribution in [2.24, 2.45) is 17.8 Å². The molecule has 0 N–H and O–H groups in total. The second-order valence-corrected chi connectivity index (χ2v) is 6.04. The van der Waals surface area contributed by atoms with Gasteiger partial charge in [-0.15, -0.1) is 0 Å². The van der Waals surface area contributed by atoms with E-state index in [1.807, 2.05) is 0 Å². The molecule has 70 valence electrons. The molecular formula is C10H22BP. The molecule has 1 aliphatic carbocycles. The highest BCUT2D eigenvalue weighted by molar-refractivity contribution is 7.66. The second-order valence-electron chi connectivity index (χ2n) is 4.72. The van der Waals surface area contributed by atoms with E-state index < -0.39 is 0 Å². The molecule has 1 fully saturated rings. The first-order valence-electron chi connectivity index (χ1n) is 5.32. The molecule has 2 heteroatoms. The summed E-state index contributed by atoms with van der Waals surface area (Å²) in [6, 6.07) is 0. The van der Waals surface area contributed by atoms with Crippen LogP contribution >= 0.6 is 8.46 Å². The van der Waals surface area contributed by atoms with Crippen LogP contribution in [-0.2, 0) is 0 Å². The Morgan fingerprint density at radius 2 is 2.00 bits per heavy atom. The van der Waals surface area contributed by atoms with Crippen molar-refractivity contribution in [3.8, 4) is 0 Å². The summed E-state index contributed by atoms with van der Waals surface area (Å²) in [4.78, 5) is 0. The first-order valence-corrected chi connectivity index (χ1v) is 6.90. The Bertz CT molecular complexity index is 136. The number of hydrogen-bond acceptors (Lipinski definition) is 0. The zero-order valence-corrected chi connectivity index (χ0v) is 9.93. The molecular weight excluding hydrogens is 162 g/mol. The summed E-state index contributed by atoms with van der Waals surface area (Å²) in [7, 11) is 3.55. The highest BCUT2D eigenvalue weighted by Crippen LogP contribution is 2.41. The Labute approximate surface area is 80.0 Å². The maximum atomic E-state index is 2.42. The normalized spacial score (nSPS) is 38.2. The van der Waals surface area contributed by atoms with Crippen LogP contribution in [0.25, 0.3) is 0 Å². The summed E-state index contributed by atoms with van der Waals surface area (Å²) in [5, 5.41) is 0. The highest BCUT2D eigenvalue weighted by atomic mass is 31.1. The molecule has 0 bridgehead atoms. The molecule has 4 atom stereocenters. The predicted octanol–water partition coefficient (Wildman–Crippen LogP) is 2.67. The van der Waals surface area contributed by atoms with Crippen molar-refractivity contribution in [2.45, 2.75) is 45.7 Å². The molecule has 0 amide bonds. The van der Waals surface area contributed by atoms with Crippen molar-refractivity contribution in [3.05, 3.63) is 0 Å². The molecule has 1 saturated carbocycles. The zero-order valence-electron chi connectivity index (χ0n) is 8.93. The molecule has 0 aromatic heterocycles. The third-order valence-corrected chi connectivity index (χ3v) is 4.80. The topological polar surface area (TPSA) is 0 Å². The number of hydrogen-bond donors (Lipinski definition) is 0. The molecule has 0 aliphatic heterocycles. The van der Waals surface area contributed by atoms with Crippen LogP contribution in [-0.4, -0.2) is 13.2 Å². The fraction of sp³-hybridized carbons (Fsp3) is 1.00. The summed E-state index contributed by atoms with van der Waals surface area (Å²) < 4.78 is 0. The standard InChI is InChI=1S/C10H22BP/c1-7(2)9-5-4-8(3)6-10(9)12-11/h7-10,12H,4-6,11H2,1-3H3. The first-order chi connectivity index (χ1) is 5.65. The fourth-order valence-electron chi connectivity index (χ4n) is 2.53. The van der Waals surface area contributed by atoms with Crippen LogP contribution in [0.15, 0.2) is 0 Å². The minimum absolute atomic E-state index is 0.912. The molecule has 1 rings (SSSR count). The lowest BCUT2D eigenvalue weighted by molar-refractivity contribution is 0.243. The van der Waals surface area contributed by atoms with E-state index in [0.29, 0.717) is 0 Å². The van der Waals surface area contributed by atoms with E-state index in [1.165, 1.54) is 27.7 Å². The molecule has 0 saturated heterocycles. The molecule has 1 aliphatic rings. The lowest BCUT2D eigenvalue weighted by atomic mass is 9.77. The molecule has 0 nitrogen and oxygen atoms in total. The van der Waals surface area contributed by atoms with Crippen molar-refractivity contribution in [3.63, 3.8) is 0 Å². The van der Waals surface area contributed by atoms with Crippen molar-refractivity contribution in [1.82, 2.24) is 0 Å². The van der Waals surface area contributed by atoms with Gasteiger partial charge in [0.15, 0.2) is 0 Å². The minimum atomic E-state index is 0.912. The van der Waals surface area contributed by atoms with Crippen molar-refractivity contribution >= 4 is 16.0 Å². The van der Waals surface area contributed by atoms with E-state index in [4.69, 9.17) is 0 Å². The van der Waals surface area contributed by atoms with Crippen molar-refractivity contribution in [2.75, 3.05) is 0 Å². The van der Waals surface area contributed by atoms with Gasteiger partial charge < -0.3 is 0 Å². The summed E-state index contributed by atoms with van der Waals surface area (Å²) in [6.07, 6.45) is 4.46. The van der Waals surface area contributed by atoms with Crippen LogP contribution in [0.5, 0.6) is 0 Å². The van der Waals surface area contributed by atoms with Crippen LogP contribution in [0.2, 0.25) is 0 Å². The average Bonchev–Trinajstić information content (AvgIpc) is 2.03. The third kappa shape index (κ3) is 2.49. The van der Waals surface area contributed by atoms with Gasteiger partial charge in [-0.05, 0) is 36.3 Å². The third-order valence-electron chi connectivity index (χ3n) is 3.39. The van der Waals surface area contributed by atoms with Gasteiger partial charge in [-0.3, -0.25) is 0 Å². The van der Waals surface area contributed by atoms with Crippen LogP contribution in [0.4, 0.5) is 0 Å². The van der Waals surface area contributed by atoms with Crippen LogP contribution in [0.1, 0.15) is 40.0 Å². The maximum absolute atomic E-state index is 2.42. The Balaban J connectivity index is 2.50. The summed E-state index contributed by atoms with van der Waals surface area (Å²) in [6.45, 7) is 7.21. The van der Waals surface area contributed by atoms with Gasteiger partial charge in [0.2, 0.25) is 0 Å². The van der Waals surface area contributed by atoms with Gasteiger partial charge in [0, 0.05) is 0 Å². The molecule has 4 unspecified atom stereocenters. The van der Waals surface area contributed by atoms with Gasteiger partial charge in [0.1, 0.15) is 7.57 Å². The smallest absolute Gasteiger partial charge is 0.130 e. The Morgan fingerprint density at radius 3 is 2.50 bits per heavy atom. The second kappa shape index (κ2) is 4.65. The number of rotatable bonds is 2. The molecule has 0 aromatic rings. The Kier molecular flexibility index (Phi) is 4.10. The van der Waals surface area contributed by atoms with E-state index in [9.17, 15) is 0 Å². The molecule has 0 radical (unpaired) electrons. The minimum Gasteiger partial charge on any atom is -0.160 e. The van der Waals surface area contributed by atoms with Gasteiger partial charge in [0.05, 0.1) is 0 Å². The Hall–Kier alpha value is 0.495. The van der Waals surface area contributed by atoms with Gasteiger partial charge in [-0.2, -0.15) is 8.46 Å².